The first-order valence-electron chi connectivity index (χ1n) is 6.37. The zero-order chi connectivity index (χ0) is 15.3. The van der Waals surface area contributed by atoms with Gasteiger partial charge in [0.25, 0.3) is 0 Å². The van der Waals surface area contributed by atoms with Crippen LogP contribution in [0.15, 0.2) is 24.3 Å². The van der Waals surface area contributed by atoms with Gasteiger partial charge in [0.1, 0.15) is 11.6 Å². The van der Waals surface area contributed by atoms with E-state index in [2.05, 4.69) is 4.74 Å². The maximum atomic E-state index is 11.8. The van der Waals surface area contributed by atoms with Crippen molar-refractivity contribution in [1.29, 1.82) is 0 Å². The van der Waals surface area contributed by atoms with Crippen LogP contribution in [0.4, 0.5) is 0 Å². The molecule has 110 valence electrons. The average Bonchev–Trinajstić information content (AvgIpc) is 2.36. The summed E-state index contributed by atoms with van der Waals surface area (Å²) in [5.74, 6) is -0.785. The minimum absolute atomic E-state index is 0.193. The molecule has 1 aromatic carbocycles. The summed E-state index contributed by atoms with van der Waals surface area (Å²) in [5.41, 5.74) is 6.74. The van der Waals surface area contributed by atoms with Gasteiger partial charge < -0.3 is 15.2 Å². The van der Waals surface area contributed by atoms with Crippen molar-refractivity contribution in [1.82, 2.24) is 0 Å². The van der Waals surface area contributed by atoms with E-state index in [1.807, 2.05) is 0 Å². The van der Waals surface area contributed by atoms with Crippen LogP contribution in [0.25, 0.3) is 0 Å². The number of carbonyl (C=O) groups excluding carboxylic acids is 2. The van der Waals surface area contributed by atoms with Crippen molar-refractivity contribution in [3.63, 3.8) is 0 Å². The lowest BCUT2D eigenvalue weighted by Gasteiger charge is -2.22. The van der Waals surface area contributed by atoms with Crippen LogP contribution < -0.4 is 5.73 Å². The number of methoxy groups -OCH3 is 1. The molecule has 0 aromatic heterocycles. The second-order valence-electron chi connectivity index (χ2n) is 5.51. The van der Waals surface area contributed by atoms with E-state index in [-0.39, 0.29) is 12.4 Å². The molecule has 1 unspecified atom stereocenters. The summed E-state index contributed by atoms with van der Waals surface area (Å²) in [4.78, 5) is 23.0. The molecule has 0 heterocycles. The third-order valence-electron chi connectivity index (χ3n) is 2.58. The third-order valence-corrected chi connectivity index (χ3v) is 2.58. The molecule has 0 amide bonds. The molecule has 0 spiro atoms. The molecule has 0 radical (unpaired) electrons. The lowest BCUT2D eigenvalue weighted by Crippen LogP contribution is -2.31. The molecule has 0 aliphatic rings. The Kier molecular flexibility index (Phi) is 5.27. The van der Waals surface area contributed by atoms with E-state index in [4.69, 9.17) is 10.5 Å². The predicted octanol–water partition coefficient (Wildman–Crippen LogP) is 1.74. The van der Waals surface area contributed by atoms with E-state index in [1.54, 1.807) is 45.0 Å². The van der Waals surface area contributed by atoms with E-state index in [0.717, 1.165) is 5.56 Å². The highest BCUT2D eigenvalue weighted by molar-refractivity contribution is 5.78. The fourth-order valence-electron chi connectivity index (χ4n) is 1.58. The van der Waals surface area contributed by atoms with Crippen LogP contribution in [0, 0.1) is 0 Å². The minimum Gasteiger partial charge on any atom is -0.469 e. The summed E-state index contributed by atoms with van der Waals surface area (Å²) < 4.78 is 9.82. The largest absolute Gasteiger partial charge is 0.469 e. The summed E-state index contributed by atoms with van der Waals surface area (Å²) >= 11 is 0. The van der Waals surface area contributed by atoms with Gasteiger partial charge in [0.15, 0.2) is 0 Å². The van der Waals surface area contributed by atoms with Crippen molar-refractivity contribution in [3.05, 3.63) is 35.4 Å². The molecule has 5 nitrogen and oxygen atoms in total. The molecular weight excluding hydrogens is 258 g/mol. The van der Waals surface area contributed by atoms with E-state index in [0.29, 0.717) is 5.56 Å². The van der Waals surface area contributed by atoms with Gasteiger partial charge in [-0.05, 0) is 31.9 Å². The molecule has 1 atom stereocenters. The van der Waals surface area contributed by atoms with Gasteiger partial charge in [-0.1, -0.05) is 24.3 Å². The van der Waals surface area contributed by atoms with E-state index in [1.165, 1.54) is 7.11 Å². The molecule has 5 heteroatoms. The molecule has 1 rings (SSSR count). The molecule has 2 N–H and O–H groups in total. The second-order valence-corrected chi connectivity index (χ2v) is 5.51. The Bertz CT molecular complexity index is 474. The van der Waals surface area contributed by atoms with Crippen LogP contribution in [0.1, 0.15) is 37.9 Å². The van der Waals surface area contributed by atoms with Crippen molar-refractivity contribution >= 4 is 11.9 Å². The summed E-state index contributed by atoms with van der Waals surface area (Å²) in [6.45, 7) is 5.37. The van der Waals surface area contributed by atoms with Crippen LogP contribution in [0.5, 0.6) is 0 Å². The molecule has 0 aliphatic carbocycles. The van der Waals surface area contributed by atoms with Gasteiger partial charge in [-0.3, -0.25) is 4.79 Å². The molecule has 0 saturated heterocycles. The fraction of sp³-hybridized carbons (Fsp3) is 0.467. The zero-order valence-electron chi connectivity index (χ0n) is 12.3. The number of benzene rings is 1. The fourth-order valence-corrected chi connectivity index (χ4v) is 1.58. The van der Waals surface area contributed by atoms with Crippen LogP contribution >= 0.6 is 0 Å². The van der Waals surface area contributed by atoms with Gasteiger partial charge in [-0.2, -0.15) is 0 Å². The summed E-state index contributed by atoms with van der Waals surface area (Å²) in [6, 6.07) is 6.09. The molecule has 0 saturated carbocycles. The average molecular weight is 279 g/mol. The highest BCUT2D eigenvalue weighted by Crippen LogP contribution is 2.17. The van der Waals surface area contributed by atoms with Gasteiger partial charge in [0, 0.05) is 0 Å². The van der Waals surface area contributed by atoms with Crippen molar-refractivity contribution in [2.24, 2.45) is 5.73 Å². The number of hydrogen-bond acceptors (Lipinski definition) is 5. The lowest BCUT2D eigenvalue weighted by atomic mass is 10.0. The Morgan fingerprint density at radius 3 is 2.20 bits per heavy atom. The number of carbonyl (C=O) groups is 2. The number of nitrogens with two attached hydrogens (primary N) is 1. The van der Waals surface area contributed by atoms with Crippen LogP contribution in [0.3, 0.4) is 0 Å². The second kappa shape index (κ2) is 6.52. The molecule has 1 aromatic rings. The number of rotatable bonds is 4. The number of esters is 2. The standard InChI is InChI=1S/C15H21NO4/c1-15(2,3)20-14(18)13(16)11-7-5-10(6-8-11)9-12(17)19-4/h5-8,13H,9,16H2,1-4H3. The first kappa shape index (κ1) is 16.2. The summed E-state index contributed by atoms with van der Waals surface area (Å²) in [5, 5.41) is 0. The quantitative estimate of drug-likeness (QED) is 0.849. The summed E-state index contributed by atoms with van der Waals surface area (Å²) in [7, 11) is 1.34. The maximum Gasteiger partial charge on any atom is 0.328 e. The first-order chi connectivity index (χ1) is 9.23. The Labute approximate surface area is 119 Å². The number of hydrogen-bond donors (Lipinski definition) is 1. The Balaban J connectivity index is 2.73. The van der Waals surface area contributed by atoms with E-state index in [9.17, 15) is 9.59 Å². The highest BCUT2D eigenvalue weighted by atomic mass is 16.6. The van der Waals surface area contributed by atoms with Gasteiger partial charge in [0.05, 0.1) is 13.5 Å². The molecule has 0 aliphatic heterocycles. The SMILES string of the molecule is COC(=O)Cc1ccc(C(N)C(=O)OC(C)(C)C)cc1. The van der Waals surface area contributed by atoms with E-state index >= 15 is 0 Å². The van der Waals surface area contributed by atoms with Crippen LogP contribution in [0.2, 0.25) is 0 Å². The highest BCUT2D eigenvalue weighted by Gasteiger charge is 2.23. The van der Waals surface area contributed by atoms with Gasteiger partial charge in [-0.25, -0.2) is 4.79 Å². The van der Waals surface area contributed by atoms with Crippen molar-refractivity contribution in [3.8, 4) is 0 Å². The lowest BCUT2D eigenvalue weighted by molar-refractivity contribution is -0.156. The van der Waals surface area contributed by atoms with Crippen molar-refractivity contribution in [2.45, 2.75) is 38.8 Å². The predicted molar refractivity (Wildman–Crippen MR) is 74.9 cm³/mol. The van der Waals surface area contributed by atoms with Crippen molar-refractivity contribution < 1.29 is 19.1 Å². The topological polar surface area (TPSA) is 78.6 Å². The smallest absolute Gasteiger partial charge is 0.328 e. The molecule has 20 heavy (non-hydrogen) atoms. The molecular formula is C15H21NO4. The van der Waals surface area contributed by atoms with Gasteiger partial charge in [-0.15, -0.1) is 0 Å². The molecule has 0 fully saturated rings. The van der Waals surface area contributed by atoms with E-state index < -0.39 is 17.6 Å². The third kappa shape index (κ3) is 5.01. The zero-order valence-corrected chi connectivity index (χ0v) is 12.3. The van der Waals surface area contributed by atoms with Gasteiger partial charge >= 0.3 is 11.9 Å². The van der Waals surface area contributed by atoms with Gasteiger partial charge in [0.2, 0.25) is 0 Å². The Morgan fingerprint density at radius 1 is 1.20 bits per heavy atom. The maximum absolute atomic E-state index is 11.8. The first-order valence-corrected chi connectivity index (χ1v) is 6.37. The number of ether oxygens (including phenoxy) is 2. The monoisotopic (exact) mass is 279 g/mol. The van der Waals surface area contributed by atoms with Crippen molar-refractivity contribution in [2.75, 3.05) is 7.11 Å². The molecule has 0 bridgehead atoms. The summed E-state index contributed by atoms with van der Waals surface area (Å²) in [6.07, 6.45) is 0.193. The minimum atomic E-state index is -0.832. The normalized spacial score (nSPS) is 12.7. The Morgan fingerprint density at radius 2 is 1.75 bits per heavy atom. The van der Waals surface area contributed by atoms with Crippen LogP contribution in [-0.4, -0.2) is 24.6 Å². The van der Waals surface area contributed by atoms with Crippen LogP contribution in [-0.2, 0) is 25.5 Å². The Hall–Kier alpha value is -1.88.